The maximum absolute atomic E-state index is 13.7. The first-order valence-electron chi connectivity index (χ1n) is 12.9. The Bertz CT molecular complexity index is 1570. The van der Waals surface area contributed by atoms with E-state index in [1.54, 1.807) is 6.07 Å². The first kappa shape index (κ1) is 23.9. The Kier molecular flexibility index (Phi) is 6.29. The van der Waals surface area contributed by atoms with E-state index in [0.29, 0.717) is 29.0 Å². The number of aromatic nitrogens is 2. The van der Waals surface area contributed by atoms with Crippen LogP contribution < -0.4 is 21.0 Å². The molecule has 0 saturated carbocycles. The molecule has 4 aromatic rings. The molecule has 2 fully saturated rings. The van der Waals surface area contributed by atoms with Gasteiger partial charge in [0, 0.05) is 39.1 Å². The van der Waals surface area contributed by atoms with Crippen LogP contribution in [0.4, 0.5) is 5.82 Å². The third-order valence-corrected chi connectivity index (χ3v) is 8.48. The molecule has 1 atom stereocenters. The fraction of sp³-hybridized carbons (Fsp3) is 0.407. The predicted molar refractivity (Wildman–Crippen MR) is 147 cm³/mol. The van der Waals surface area contributed by atoms with Gasteiger partial charge in [-0.2, -0.15) is 0 Å². The van der Waals surface area contributed by atoms with Crippen LogP contribution in [0.15, 0.2) is 41.2 Å². The monoisotopic (exact) mass is 518 g/mol. The lowest BCUT2D eigenvalue weighted by Gasteiger charge is -2.19. The SMILES string of the molecule is CC(=O)NC1CCN(c2ccc3c(=O)c(C(=O)NCCN4CCCC4)c4sc5ccccc5n4c3n2)C1. The van der Waals surface area contributed by atoms with E-state index in [2.05, 4.69) is 20.4 Å². The standard InChI is InChI=1S/C27H30N6O3S/c1-17(34)29-18-10-14-32(16-18)22-9-8-19-24(35)23(26(36)28-11-15-31-12-4-5-13-31)27-33(25(19)30-22)20-6-2-3-7-21(20)37-27/h2-3,6-9,18H,4-5,10-16H2,1H3,(H,28,36)(H,29,34). The fourth-order valence-corrected chi connectivity index (χ4v) is 6.73. The van der Waals surface area contributed by atoms with Gasteiger partial charge in [0.2, 0.25) is 11.3 Å². The first-order chi connectivity index (χ1) is 18.0. The lowest BCUT2D eigenvalue weighted by atomic mass is 10.1. The molecular formula is C27H30N6O3S. The van der Waals surface area contributed by atoms with Crippen molar-refractivity contribution in [1.29, 1.82) is 0 Å². The maximum atomic E-state index is 13.7. The average molecular weight is 519 g/mol. The number of amides is 2. The summed E-state index contributed by atoms with van der Waals surface area (Å²) in [5.74, 6) is 0.381. The Hall–Kier alpha value is -3.50. The number of nitrogens with zero attached hydrogens (tertiary/aromatic N) is 4. The first-order valence-corrected chi connectivity index (χ1v) is 13.7. The van der Waals surface area contributed by atoms with Crippen LogP contribution >= 0.6 is 11.3 Å². The molecule has 2 N–H and O–H groups in total. The minimum Gasteiger partial charge on any atom is -0.354 e. The van der Waals surface area contributed by atoms with Crippen LogP contribution in [-0.4, -0.2) is 71.4 Å². The number of hydrogen-bond acceptors (Lipinski definition) is 7. The molecule has 1 unspecified atom stereocenters. The van der Waals surface area contributed by atoms with Gasteiger partial charge in [-0.05, 0) is 56.6 Å². The number of carbonyl (C=O) groups is 2. The molecule has 0 bridgehead atoms. The highest BCUT2D eigenvalue weighted by Gasteiger charge is 2.26. The second-order valence-electron chi connectivity index (χ2n) is 9.89. The molecule has 5 heterocycles. The number of nitrogens with one attached hydrogen (secondary N) is 2. The van der Waals surface area contributed by atoms with E-state index < -0.39 is 0 Å². The number of fused-ring (bicyclic) bond motifs is 5. The van der Waals surface area contributed by atoms with Crippen molar-refractivity contribution < 1.29 is 9.59 Å². The largest absolute Gasteiger partial charge is 0.354 e. The summed E-state index contributed by atoms with van der Waals surface area (Å²) >= 11 is 1.44. The molecule has 10 heteroatoms. The topological polar surface area (TPSA) is 99.0 Å². The van der Waals surface area contributed by atoms with Crippen molar-refractivity contribution in [2.24, 2.45) is 0 Å². The van der Waals surface area contributed by atoms with Crippen LogP contribution in [0.3, 0.4) is 0 Å². The Labute approximate surface area is 218 Å². The number of rotatable bonds is 6. The lowest BCUT2D eigenvalue weighted by Crippen LogP contribution is -2.36. The number of likely N-dealkylation sites (tertiary alicyclic amines) is 1. The van der Waals surface area contributed by atoms with E-state index in [4.69, 9.17) is 4.98 Å². The van der Waals surface area contributed by atoms with Crippen molar-refractivity contribution >= 4 is 55.0 Å². The van der Waals surface area contributed by atoms with Gasteiger partial charge < -0.3 is 20.4 Å². The van der Waals surface area contributed by atoms with Crippen molar-refractivity contribution in [3.63, 3.8) is 0 Å². The highest BCUT2D eigenvalue weighted by Crippen LogP contribution is 2.31. The van der Waals surface area contributed by atoms with Gasteiger partial charge in [-0.25, -0.2) is 4.98 Å². The van der Waals surface area contributed by atoms with Crippen LogP contribution in [0, 0.1) is 0 Å². The molecule has 0 spiro atoms. The van der Waals surface area contributed by atoms with Gasteiger partial charge in [-0.3, -0.25) is 18.8 Å². The minimum absolute atomic E-state index is 0.0393. The van der Waals surface area contributed by atoms with E-state index in [0.717, 1.165) is 48.6 Å². The number of para-hydroxylation sites is 1. The van der Waals surface area contributed by atoms with Gasteiger partial charge in [0.1, 0.15) is 16.2 Å². The Balaban J connectivity index is 1.42. The highest BCUT2D eigenvalue weighted by atomic mass is 32.1. The normalized spacial score (nSPS) is 18.3. The molecule has 9 nitrogen and oxygen atoms in total. The second-order valence-corrected chi connectivity index (χ2v) is 10.9. The zero-order valence-electron chi connectivity index (χ0n) is 20.8. The molecule has 2 aliphatic heterocycles. The Morgan fingerprint density at radius 1 is 1.11 bits per heavy atom. The summed E-state index contributed by atoms with van der Waals surface area (Å²) in [6, 6.07) is 11.6. The molecule has 0 aliphatic carbocycles. The summed E-state index contributed by atoms with van der Waals surface area (Å²) in [6.45, 7) is 6.38. The predicted octanol–water partition coefficient (Wildman–Crippen LogP) is 2.60. The number of anilines is 1. The number of benzene rings is 1. The molecular weight excluding hydrogens is 488 g/mol. The van der Waals surface area contributed by atoms with Crippen LogP contribution in [0.2, 0.25) is 0 Å². The van der Waals surface area contributed by atoms with Crippen molar-refractivity contribution in [3.8, 4) is 0 Å². The lowest BCUT2D eigenvalue weighted by molar-refractivity contribution is -0.119. The number of pyridine rings is 2. The summed E-state index contributed by atoms with van der Waals surface area (Å²) < 4.78 is 2.94. The summed E-state index contributed by atoms with van der Waals surface area (Å²) in [5, 5.41) is 6.40. The van der Waals surface area contributed by atoms with Crippen LogP contribution in [-0.2, 0) is 4.79 Å². The summed E-state index contributed by atoms with van der Waals surface area (Å²) in [6.07, 6.45) is 3.23. The van der Waals surface area contributed by atoms with Gasteiger partial charge in [-0.1, -0.05) is 12.1 Å². The van der Waals surface area contributed by atoms with E-state index in [9.17, 15) is 14.4 Å². The quantitative estimate of drug-likeness (QED) is 0.407. The van der Waals surface area contributed by atoms with Crippen molar-refractivity contribution in [3.05, 3.63) is 52.2 Å². The van der Waals surface area contributed by atoms with Gasteiger partial charge in [0.05, 0.1) is 15.6 Å². The number of thiazole rings is 1. The molecule has 3 aromatic heterocycles. The van der Waals surface area contributed by atoms with Gasteiger partial charge >= 0.3 is 0 Å². The summed E-state index contributed by atoms with van der Waals surface area (Å²) in [5.41, 5.74) is 1.35. The van der Waals surface area contributed by atoms with Crippen molar-refractivity contribution in [2.75, 3.05) is 44.2 Å². The maximum Gasteiger partial charge on any atom is 0.258 e. The molecule has 1 aromatic carbocycles. The summed E-state index contributed by atoms with van der Waals surface area (Å²) in [7, 11) is 0. The molecule has 2 amide bonds. The number of carbonyl (C=O) groups excluding carboxylic acids is 2. The van der Waals surface area contributed by atoms with Crippen LogP contribution in [0.1, 0.15) is 36.5 Å². The zero-order chi connectivity index (χ0) is 25.5. The molecule has 0 radical (unpaired) electrons. The Morgan fingerprint density at radius 3 is 2.73 bits per heavy atom. The van der Waals surface area contributed by atoms with E-state index in [1.807, 2.05) is 34.7 Å². The van der Waals surface area contributed by atoms with E-state index in [-0.39, 0.29) is 28.8 Å². The molecule has 2 aliphatic rings. The minimum atomic E-state index is -0.336. The highest BCUT2D eigenvalue weighted by molar-refractivity contribution is 7.24. The van der Waals surface area contributed by atoms with Crippen LogP contribution in [0.25, 0.3) is 26.1 Å². The third-order valence-electron chi connectivity index (χ3n) is 7.33. The zero-order valence-corrected chi connectivity index (χ0v) is 21.6. The molecule has 192 valence electrons. The second kappa shape index (κ2) is 9.75. The number of hydrogen-bond donors (Lipinski definition) is 2. The summed E-state index contributed by atoms with van der Waals surface area (Å²) in [4.78, 5) is 48.6. The Morgan fingerprint density at radius 2 is 1.92 bits per heavy atom. The van der Waals surface area contributed by atoms with Gasteiger partial charge in [-0.15, -0.1) is 11.3 Å². The van der Waals surface area contributed by atoms with Crippen molar-refractivity contribution in [2.45, 2.75) is 32.2 Å². The van der Waals surface area contributed by atoms with Gasteiger partial charge in [0.15, 0.2) is 5.65 Å². The smallest absolute Gasteiger partial charge is 0.258 e. The van der Waals surface area contributed by atoms with Crippen LogP contribution in [0.5, 0.6) is 0 Å². The van der Waals surface area contributed by atoms with E-state index in [1.165, 1.54) is 31.1 Å². The van der Waals surface area contributed by atoms with E-state index >= 15 is 0 Å². The molecule has 2 saturated heterocycles. The average Bonchev–Trinajstić information content (AvgIpc) is 3.64. The molecule has 6 rings (SSSR count). The van der Waals surface area contributed by atoms with Crippen molar-refractivity contribution in [1.82, 2.24) is 24.9 Å². The third kappa shape index (κ3) is 4.44. The van der Waals surface area contributed by atoms with Gasteiger partial charge in [0.25, 0.3) is 5.91 Å². The molecule has 37 heavy (non-hydrogen) atoms. The fourth-order valence-electron chi connectivity index (χ4n) is 5.55.